The van der Waals surface area contributed by atoms with Crippen molar-refractivity contribution in [2.45, 2.75) is 38.5 Å². The number of halogens is 4. The average Bonchev–Trinajstić information content (AvgIpc) is 3.37. The first-order valence-corrected chi connectivity index (χ1v) is 9.97. The molecule has 172 valence electrons. The van der Waals surface area contributed by atoms with Crippen LogP contribution in [0, 0.1) is 35.4 Å². The summed E-state index contributed by atoms with van der Waals surface area (Å²) >= 11 is 0. The molecule has 1 aliphatic heterocycles. The van der Waals surface area contributed by atoms with E-state index in [0.29, 0.717) is 11.4 Å². The Hall–Kier alpha value is -2.73. The van der Waals surface area contributed by atoms with Gasteiger partial charge in [-0.1, -0.05) is 13.8 Å². The zero-order valence-corrected chi connectivity index (χ0v) is 20.4. The molecule has 5 rings (SSSR count). The molecule has 0 aliphatic carbocycles. The topological polar surface area (TPSA) is 35.6 Å². The van der Waals surface area contributed by atoms with Gasteiger partial charge in [0.1, 0.15) is 0 Å². The Labute approximate surface area is 202 Å². The van der Waals surface area contributed by atoms with E-state index in [4.69, 9.17) is 0 Å². The normalized spacial score (nSPS) is 15.5. The monoisotopic (exact) mass is 633 g/mol. The molecule has 4 aromatic rings. The first kappa shape index (κ1) is 23.4. The predicted octanol–water partition coefficient (Wildman–Crippen LogP) is 5.18. The number of hydrogen-bond donors (Lipinski definition) is 0. The summed E-state index contributed by atoms with van der Waals surface area (Å²) in [6.07, 6.45) is 3.09. The molecule has 0 N–H and O–H groups in total. The van der Waals surface area contributed by atoms with Gasteiger partial charge in [0, 0.05) is 35.7 Å². The van der Waals surface area contributed by atoms with Crippen LogP contribution in [-0.4, -0.2) is 19.6 Å². The van der Waals surface area contributed by atoms with E-state index in [-0.39, 0.29) is 43.6 Å². The van der Waals surface area contributed by atoms with Gasteiger partial charge in [-0.3, -0.25) is 26.9 Å². The summed E-state index contributed by atoms with van der Waals surface area (Å²) < 4.78 is 61.9. The Morgan fingerprint density at radius 2 is 1.06 bits per heavy atom. The fraction of sp³-hybridized carbons (Fsp3) is 0.250. The molecule has 3 heterocycles. The molecule has 0 atom stereocenters. The molecule has 2 aromatic heterocycles. The molecule has 0 radical (unpaired) electrons. The Morgan fingerprint density at radius 1 is 0.667 bits per heavy atom. The van der Waals surface area contributed by atoms with Crippen molar-refractivity contribution >= 4 is 0 Å². The van der Waals surface area contributed by atoms with Gasteiger partial charge < -0.3 is 0 Å². The van der Waals surface area contributed by atoms with Gasteiger partial charge in [0.25, 0.3) is 0 Å². The summed E-state index contributed by atoms with van der Waals surface area (Å²) in [5.41, 5.74) is -1.37. The first-order valence-electron chi connectivity index (χ1n) is 9.97. The number of rotatable bonds is 0. The summed E-state index contributed by atoms with van der Waals surface area (Å²) in [6, 6.07) is 10.3. The molecule has 0 unspecified atom stereocenters. The number of hydrogen-bond acceptors (Lipinski definition) is 2. The van der Waals surface area contributed by atoms with Crippen LogP contribution in [0.4, 0.5) is 17.6 Å². The molecule has 0 fully saturated rings. The maximum absolute atomic E-state index is 14.9. The average molecular weight is 634 g/mol. The third-order valence-corrected chi connectivity index (χ3v) is 6.09. The van der Waals surface area contributed by atoms with Crippen molar-refractivity contribution in [3.8, 4) is 11.4 Å². The molecular formula is C24H18F4N4Pt. The van der Waals surface area contributed by atoms with Crippen LogP contribution in [0.1, 0.15) is 50.2 Å². The first-order chi connectivity index (χ1) is 15.0. The quantitative estimate of drug-likeness (QED) is 0.198. The van der Waals surface area contributed by atoms with Crippen molar-refractivity contribution < 1.29 is 38.6 Å². The van der Waals surface area contributed by atoms with Crippen LogP contribution in [0.25, 0.3) is 11.4 Å². The van der Waals surface area contributed by atoms with Gasteiger partial charge >= 0.3 is 21.1 Å². The van der Waals surface area contributed by atoms with Gasteiger partial charge in [-0.2, -0.15) is 10.2 Å². The van der Waals surface area contributed by atoms with E-state index in [0.717, 1.165) is 12.1 Å². The SMILES string of the molecule is CC1(C)c2ccn(n2)-c2[c-]c(c(F)cc2F)C(C)(C)c2[c-]c(c(F)cc2F)-n2ccc1n2.[Pt+2]. The fourth-order valence-electron chi connectivity index (χ4n) is 4.04. The minimum Gasteiger partial charge on any atom is -0.284 e. The predicted molar refractivity (Wildman–Crippen MR) is 109 cm³/mol. The van der Waals surface area contributed by atoms with Crippen molar-refractivity contribution in [1.82, 2.24) is 19.6 Å². The molecule has 0 amide bonds. The van der Waals surface area contributed by atoms with E-state index in [2.05, 4.69) is 22.3 Å². The second-order valence-corrected chi connectivity index (χ2v) is 8.92. The molecule has 0 saturated carbocycles. The Bertz CT molecular complexity index is 1290. The Balaban J connectivity index is 0.00000259. The van der Waals surface area contributed by atoms with E-state index < -0.39 is 34.1 Å². The third-order valence-electron chi connectivity index (χ3n) is 6.09. The molecule has 9 heteroatoms. The molecule has 2 aromatic carbocycles. The zero-order chi connectivity index (χ0) is 23.0. The van der Waals surface area contributed by atoms with Crippen molar-refractivity contribution in [2.24, 2.45) is 0 Å². The summed E-state index contributed by atoms with van der Waals surface area (Å²) in [7, 11) is 0. The molecular weight excluding hydrogens is 615 g/mol. The minimum absolute atomic E-state index is 0. The van der Waals surface area contributed by atoms with Crippen LogP contribution in [0.2, 0.25) is 0 Å². The molecule has 0 saturated heterocycles. The van der Waals surface area contributed by atoms with Crippen molar-refractivity contribution in [2.75, 3.05) is 0 Å². The van der Waals surface area contributed by atoms with Crippen LogP contribution >= 0.6 is 0 Å². The van der Waals surface area contributed by atoms with Crippen LogP contribution in [-0.2, 0) is 31.9 Å². The van der Waals surface area contributed by atoms with Gasteiger partial charge in [0.2, 0.25) is 0 Å². The van der Waals surface area contributed by atoms with Gasteiger partial charge in [0.15, 0.2) is 0 Å². The number of benzene rings is 2. The van der Waals surface area contributed by atoms with Crippen molar-refractivity contribution in [3.63, 3.8) is 0 Å². The van der Waals surface area contributed by atoms with Gasteiger partial charge in [-0.05, 0) is 42.8 Å². The second-order valence-electron chi connectivity index (χ2n) is 8.92. The van der Waals surface area contributed by atoms with Crippen molar-refractivity contribution in [3.05, 3.63) is 94.6 Å². The summed E-state index contributed by atoms with van der Waals surface area (Å²) in [5.74, 6) is -3.54. The Morgan fingerprint density at radius 3 is 1.45 bits per heavy atom. The molecule has 1 aliphatic rings. The number of fused-ring (bicyclic) bond motifs is 10. The van der Waals surface area contributed by atoms with Crippen LogP contribution in [0.3, 0.4) is 0 Å². The van der Waals surface area contributed by atoms with Gasteiger partial charge in [0.05, 0.1) is 16.8 Å². The maximum atomic E-state index is 14.9. The number of aromatic nitrogens is 4. The van der Waals surface area contributed by atoms with Crippen molar-refractivity contribution in [1.29, 1.82) is 0 Å². The molecule has 8 bridgehead atoms. The van der Waals surface area contributed by atoms with E-state index in [1.54, 1.807) is 24.5 Å². The molecule has 4 nitrogen and oxygen atoms in total. The van der Waals surface area contributed by atoms with Gasteiger partial charge in [-0.15, -0.1) is 35.4 Å². The summed E-state index contributed by atoms with van der Waals surface area (Å²) in [5, 5.41) is 8.95. The van der Waals surface area contributed by atoms with Crippen LogP contribution in [0.15, 0.2) is 36.7 Å². The van der Waals surface area contributed by atoms with Crippen LogP contribution in [0.5, 0.6) is 0 Å². The largest absolute Gasteiger partial charge is 2.00 e. The van der Waals surface area contributed by atoms with E-state index >= 15 is 0 Å². The standard InChI is InChI=1S/C24H18F4N4.Pt/c1-23(2)13-9-19(17(27)11-15(13)25)31-7-5-21(29-31)24(3,4)22-6-8-32(30-22)20-10-14(23)16(26)12-18(20)28;/h5-8,11-12H,1-4H3;/q-2;+2. The third kappa shape index (κ3) is 3.46. The number of nitrogens with zero attached hydrogens (tertiary/aromatic N) is 4. The zero-order valence-electron chi connectivity index (χ0n) is 18.1. The summed E-state index contributed by atoms with van der Waals surface area (Å²) in [4.78, 5) is 0. The summed E-state index contributed by atoms with van der Waals surface area (Å²) in [6.45, 7) is 6.82. The smallest absolute Gasteiger partial charge is 0.284 e. The van der Waals surface area contributed by atoms with Gasteiger partial charge in [-0.25, -0.2) is 0 Å². The molecule has 0 spiro atoms. The van der Waals surface area contributed by atoms with Crippen LogP contribution < -0.4 is 0 Å². The van der Waals surface area contributed by atoms with E-state index in [9.17, 15) is 17.6 Å². The van der Waals surface area contributed by atoms with E-state index in [1.807, 2.05) is 13.8 Å². The Kier molecular flexibility index (Phi) is 5.44. The molecule has 33 heavy (non-hydrogen) atoms. The van der Waals surface area contributed by atoms with E-state index in [1.165, 1.54) is 23.2 Å². The fourth-order valence-corrected chi connectivity index (χ4v) is 4.04. The maximum Gasteiger partial charge on any atom is 2.00 e. The minimum atomic E-state index is -1.37. The second kappa shape index (κ2) is 7.66.